The van der Waals surface area contributed by atoms with Crippen LogP contribution >= 0.6 is 23.2 Å². The molecule has 1 aliphatic rings. The zero-order valence-corrected chi connectivity index (χ0v) is 20.7. The highest BCUT2D eigenvalue weighted by molar-refractivity contribution is 6.46. The molecule has 0 bridgehead atoms. The van der Waals surface area contributed by atoms with E-state index in [-0.39, 0.29) is 47.5 Å². The van der Waals surface area contributed by atoms with Crippen LogP contribution in [0.2, 0.25) is 10.0 Å². The lowest BCUT2D eigenvalue weighted by Gasteiger charge is -2.25. The van der Waals surface area contributed by atoms with Crippen LogP contribution in [0.25, 0.3) is 5.76 Å². The maximum atomic E-state index is 13.1. The molecule has 0 aromatic heterocycles. The lowest BCUT2D eigenvalue weighted by Crippen LogP contribution is -2.32. The molecule has 1 fully saturated rings. The minimum Gasteiger partial charge on any atom is -0.507 e. The number of carbonyl (C=O) groups excluding carboxylic acids is 2. The van der Waals surface area contributed by atoms with Gasteiger partial charge in [-0.3, -0.25) is 9.59 Å². The van der Waals surface area contributed by atoms with Gasteiger partial charge < -0.3 is 19.5 Å². The van der Waals surface area contributed by atoms with Crippen molar-refractivity contribution in [1.29, 1.82) is 0 Å². The van der Waals surface area contributed by atoms with Crippen LogP contribution in [0.3, 0.4) is 0 Å². The summed E-state index contributed by atoms with van der Waals surface area (Å²) < 4.78 is 24.0. The molecule has 1 heterocycles. The van der Waals surface area contributed by atoms with Gasteiger partial charge in [0.2, 0.25) is 0 Å². The minimum absolute atomic E-state index is 0.0607. The van der Waals surface area contributed by atoms with E-state index in [1.54, 1.807) is 36.4 Å². The van der Waals surface area contributed by atoms with Crippen LogP contribution in [0.15, 0.2) is 72.3 Å². The summed E-state index contributed by atoms with van der Waals surface area (Å²) in [6.45, 7) is 0.588. The first-order chi connectivity index (χ1) is 17.3. The van der Waals surface area contributed by atoms with Crippen molar-refractivity contribution in [3.8, 4) is 5.75 Å². The lowest BCUT2D eigenvalue weighted by atomic mass is 9.95. The summed E-state index contributed by atoms with van der Waals surface area (Å²) in [5, 5.41) is 11.6. The van der Waals surface area contributed by atoms with E-state index in [1.165, 1.54) is 42.3 Å². The molecule has 9 heteroatoms. The number of ether oxygens (including phenoxy) is 2. The summed E-state index contributed by atoms with van der Waals surface area (Å²) in [6.07, 6.45) is 0. The van der Waals surface area contributed by atoms with Gasteiger partial charge in [0.1, 0.15) is 23.9 Å². The normalized spacial score (nSPS) is 17.0. The molecule has 6 nitrogen and oxygen atoms in total. The monoisotopic (exact) mass is 529 g/mol. The third-order valence-electron chi connectivity index (χ3n) is 5.78. The molecule has 1 amide bonds. The van der Waals surface area contributed by atoms with Gasteiger partial charge in [-0.25, -0.2) is 4.39 Å². The number of amides is 1. The van der Waals surface area contributed by atoms with Crippen LogP contribution in [0.1, 0.15) is 22.7 Å². The molecule has 3 aromatic rings. The molecule has 4 rings (SSSR count). The molecule has 1 atom stereocenters. The first kappa shape index (κ1) is 25.7. The molecule has 186 valence electrons. The summed E-state index contributed by atoms with van der Waals surface area (Å²) in [4.78, 5) is 27.3. The third kappa shape index (κ3) is 5.38. The molecule has 36 heavy (non-hydrogen) atoms. The van der Waals surface area contributed by atoms with Gasteiger partial charge >= 0.3 is 0 Å². The van der Waals surface area contributed by atoms with Crippen LogP contribution in [-0.4, -0.2) is 42.0 Å². The second kappa shape index (κ2) is 11.1. The Morgan fingerprint density at radius 2 is 1.69 bits per heavy atom. The topological polar surface area (TPSA) is 76.1 Å². The highest BCUT2D eigenvalue weighted by atomic mass is 35.5. The van der Waals surface area contributed by atoms with Gasteiger partial charge in [-0.05, 0) is 53.6 Å². The zero-order valence-electron chi connectivity index (χ0n) is 19.2. The van der Waals surface area contributed by atoms with Gasteiger partial charge in [0.05, 0.1) is 28.3 Å². The van der Waals surface area contributed by atoms with Gasteiger partial charge in [-0.1, -0.05) is 47.5 Å². The Bertz CT molecular complexity index is 1310. The highest BCUT2D eigenvalue weighted by Gasteiger charge is 2.45. The van der Waals surface area contributed by atoms with Crippen molar-refractivity contribution in [1.82, 2.24) is 4.90 Å². The number of Topliss-reactive ketones (excluding diaryl/α,β-unsaturated/α-hetero) is 1. The van der Waals surface area contributed by atoms with Crippen molar-refractivity contribution < 1.29 is 28.6 Å². The average molecular weight is 530 g/mol. The van der Waals surface area contributed by atoms with Gasteiger partial charge in [0.15, 0.2) is 0 Å². The first-order valence-corrected chi connectivity index (χ1v) is 11.8. The van der Waals surface area contributed by atoms with Gasteiger partial charge in [0.25, 0.3) is 11.7 Å². The Kier molecular flexibility index (Phi) is 7.94. The Labute approximate surface area is 217 Å². The Balaban J connectivity index is 1.67. The van der Waals surface area contributed by atoms with E-state index >= 15 is 0 Å². The minimum atomic E-state index is -0.847. The van der Waals surface area contributed by atoms with Crippen LogP contribution in [0.5, 0.6) is 5.75 Å². The Morgan fingerprint density at radius 3 is 2.33 bits per heavy atom. The second-order valence-electron chi connectivity index (χ2n) is 8.10. The van der Waals surface area contributed by atoms with Crippen LogP contribution < -0.4 is 4.74 Å². The predicted molar refractivity (Wildman–Crippen MR) is 135 cm³/mol. The number of nitrogens with zero attached hydrogens (tertiary/aromatic N) is 1. The number of halogens is 3. The fourth-order valence-corrected chi connectivity index (χ4v) is 4.24. The third-order valence-corrected chi connectivity index (χ3v) is 6.52. The molecular weight excluding hydrogens is 508 g/mol. The second-order valence-corrected chi connectivity index (χ2v) is 8.91. The number of rotatable bonds is 8. The van der Waals surface area contributed by atoms with E-state index < -0.39 is 17.7 Å². The quantitative estimate of drug-likeness (QED) is 0.227. The molecule has 0 radical (unpaired) electrons. The smallest absolute Gasteiger partial charge is 0.295 e. The Morgan fingerprint density at radius 1 is 1.00 bits per heavy atom. The Hall–Kier alpha value is -3.39. The molecule has 1 aliphatic heterocycles. The molecule has 3 aromatic carbocycles. The van der Waals surface area contributed by atoms with Crippen molar-refractivity contribution in [3.05, 3.63) is 105 Å². The van der Waals surface area contributed by atoms with Gasteiger partial charge in [-0.2, -0.15) is 0 Å². The maximum Gasteiger partial charge on any atom is 0.295 e. The lowest BCUT2D eigenvalue weighted by molar-refractivity contribution is -0.140. The van der Waals surface area contributed by atoms with Crippen molar-refractivity contribution in [2.24, 2.45) is 0 Å². The molecular formula is C27H22Cl2FNO5. The number of likely N-dealkylation sites (tertiary alicyclic amines) is 1. The number of methoxy groups -OCH3 is 1. The van der Waals surface area contributed by atoms with E-state index in [2.05, 4.69) is 0 Å². The van der Waals surface area contributed by atoms with E-state index in [4.69, 9.17) is 32.7 Å². The number of carbonyl (C=O) groups is 2. The summed E-state index contributed by atoms with van der Waals surface area (Å²) in [6, 6.07) is 16.5. The summed E-state index contributed by atoms with van der Waals surface area (Å²) in [7, 11) is 1.49. The summed E-state index contributed by atoms with van der Waals surface area (Å²) >= 11 is 12.1. The largest absolute Gasteiger partial charge is 0.507 e. The van der Waals surface area contributed by atoms with Crippen molar-refractivity contribution in [3.63, 3.8) is 0 Å². The number of aliphatic hydroxyl groups excluding tert-OH is 1. The number of benzene rings is 3. The molecule has 1 N–H and O–H groups in total. The van der Waals surface area contributed by atoms with Crippen molar-refractivity contribution in [2.45, 2.75) is 12.6 Å². The fourth-order valence-electron chi connectivity index (χ4n) is 3.94. The fraction of sp³-hybridized carbons (Fsp3) is 0.185. The molecule has 0 spiro atoms. The summed E-state index contributed by atoms with van der Waals surface area (Å²) in [5.41, 5.74) is 1.60. The van der Waals surface area contributed by atoms with Crippen LogP contribution in [0, 0.1) is 5.82 Å². The van der Waals surface area contributed by atoms with Gasteiger partial charge in [0, 0.05) is 19.2 Å². The van der Waals surface area contributed by atoms with E-state index in [9.17, 15) is 19.1 Å². The standard InChI is InChI=1S/C27H22Cl2FNO5/c1-35-13-12-31-24(17-4-9-20(10-5-17)36-15-16-2-7-19(30)8-3-16)23(26(33)27(31)34)25(32)18-6-11-21(28)22(29)14-18/h2-11,14,24,32H,12-13,15H2,1H3/b25-23-. The van der Waals surface area contributed by atoms with E-state index in [0.717, 1.165) is 5.56 Å². The number of aliphatic hydroxyl groups is 1. The van der Waals surface area contributed by atoms with E-state index in [1.807, 2.05) is 0 Å². The number of hydrogen-bond donors (Lipinski definition) is 1. The molecule has 0 aliphatic carbocycles. The first-order valence-electron chi connectivity index (χ1n) is 11.0. The average Bonchev–Trinajstić information content (AvgIpc) is 3.13. The molecule has 1 saturated heterocycles. The zero-order chi connectivity index (χ0) is 25.8. The predicted octanol–water partition coefficient (Wildman–Crippen LogP) is 5.78. The number of ketones is 1. The SMILES string of the molecule is COCCN1C(=O)C(=O)/C(=C(\O)c2ccc(Cl)c(Cl)c2)C1c1ccc(OCc2ccc(F)cc2)cc1. The molecule has 1 unspecified atom stereocenters. The number of hydrogen-bond acceptors (Lipinski definition) is 5. The summed E-state index contributed by atoms with van der Waals surface area (Å²) in [5.74, 6) is -1.68. The molecule has 0 saturated carbocycles. The van der Waals surface area contributed by atoms with E-state index in [0.29, 0.717) is 16.3 Å². The van der Waals surface area contributed by atoms with Crippen LogP contribution in [0.4, 0.5) is 4.39 Å². The highest BCUT2D eigenvalue weighted by Crippen LogP contribution is 2.40. The van der Waals surface area contributed by atoms with Gasteiger partial charge in [-0.15, -0.1) is 0 Å². The van der Waals surface area contributed by atoms with Crippen LogP contribution in [-0.2, 0) is 20.9 Å². The van der Waals surface area contributed by atoms with Crippen molar-refractivity contribution >= 4 is 40.7 Å². The maximum absolute atomic E-state index is 13.1. The van der Waals surface area contributed by atoms with Crippen molar-refractivity contribution in [2.75, 3.05) is 20.3 Å².